The summed E-state index contributed by atoms with van der Waals surface area (Å²) in [5.41, 5.74) is 0.818. The van der Waals surface area contributed by atoms with Gasteiger partial charge in [0.1, 0.15) is 5.82 Å². The van der Waals surface area contributed by atoms with E-state index >= 15 is 0 Å². The number of rotatable bonds is 3. The largest absolute Gasteiger partial charge is 0.388 e. The van der Waals surface area contributed by atoms with Crippen molar-refractivity contribution in [2.45, 2.75) is 25.5 Å². The number of anilines is 1. The molecule has 94 valence electrons. The first-order valence-electron chi connectivity index (χ1n) is 5.92. The zero-order valence-corrected chi connectivity index (χ0v) is 10.3. The van der Waals surface area contributed by atoms with Crippen molar-refractivity contribution in [3.05, 3.63) is 29.6 Å². The molecule has 1 heterocycles. The zero-order valence-electron chi connectivity index (χ0n) is 10.3. The van der Waals surface area contributed by atoms with Crippen LogP contribution >= 0.6 is 0 Å². The summed E-state index contributed by atoms with van der Waals surface area (Å²) in [5, 5.41) is 12.9. The molecule has 0 aromatic heterocycles. The van der Waals surface area contributed by atoms with Crippen molar-refractivity contribution in [1.29, 1.82) is 0 Å². The van der Waals surface area contributed by atoms with Gasteiger partial charge in [0.05, 0.1) is 11.3 Å². The highest BCUT2D eigenvalue weighted by Gasteiger charge is 2.32. The van der Waals surface area contributed by atoms with Crippen molar-refractivity contribution in [1.82, 2.24) is 5.32 Å². The summed E-state index contributed by atoms with van der Waals surface area (Å²) in [7, 11) is 1.84. The molecule has 2 rings (SSSR count). The average molecular weight is 238 g/mol. The maximum Gasteiger partial charge on any atom is 0.146 e. The van der Waals surface area contributed by atoms with Crippen molar-refractivity contribution in [3.63, 3.8) is 0 Å². The molecule has 1 aliphatic rings. The fourth-order valence-electron chi connectivity index (χ4n) is 2.27. The monoisotopic (exact) mass is 238 g/mol. The fraction of sp³-hybridized carbons (Fsp3) is 0.538. The van der Waals surface area contributed by atoms with E-state index in [1.165, 1.54) is 0 Å². The van der Waals surface area contributed by atoms with E-state index in [9.17, 15) is 9.50 Å². The minimum absolute atomic E-state index is 0.213. The van der Waals surface area contributed by atoms with Gasteiger partial charge in [-0.2, -0.15) is 0 Å². The van der Waals surface area contributed by atoms with Gasteiger partial charge in [-0.1, -0.05) is 6.07 Å². The zero-order chi connectivity index (χ0) is 12.5. The predicted octanol–water partition coefficient (Wildman–Crippen LogP) is 1.51. The van der Waals surface area contributed by atoms with Crippen LogP contribution in [0.4, 0.5) is 10.1 Å². The van der Waals surface area contributed by atoms with E-state index in [1.807, 2.05) is 18.0 Å². The first-order chi connectivity index (χ1) is 8.02. The standard InChI is InChI=1S/C13H19FN2O/c1-13(17)5-6-16(9-13)12-4-3-10(8-15-2)7-11(12)14/h3-4,7,15,17H,5-6,8-9H2,1-2H3. The third-order valence-electron chi connectivity index (χ3n) is 3.19. The summed E-state index contributed by atoms with van der Waals surface area (Å²) in [6.07, 6.45) is 0.685. The SMILES string of the molecule is CNCc1ccc(N2CCC(C)(O)C2)c(F)c1. The second-order valence-electron chi connectivity index (χ2n) is 4.98. The molecule has 0 radical (unpaired) electrons. The van der Waals surface area contributed by atoms with Crippen LogP contribution in [0.2, 0.25) is 0 Å². The molecule has 1 aromatic rings. The summed E-state index contributed by atoms with van der Waals surface area (Å²) in [6.45, 7) is 3.65. The molecule has 1 aromatic carbocycles. The normalized spacial score (nSPS) is 24.4. The van der Waals surface area contributed by atoms with Crippen LogP contribution in [-0.4, -0.2) is 30.8 Å². The molecule has 1 fully saturated rings. The van der Waals surface area contributed by atoms with Crippen LogP contribution in [-0.2, 0) is 6.54 Å². The van der Waals surface area contributed by atoms with Crippen LogP contribution in [0.25, 0.3) is 0 Å². The lowest BCUT2D eigenvalue weighted by atomic mass is 10.1. The van der Waals surface area contributed by atoms with Crippen LogP contribution in [0.15, 0.2) is 18.2 Å². The van der Waals surface area contributed by atoms with Gasteiger partial charge < -0.3 is 15.3 Å². The summed E-state index contributed by atoms with van der Waals surface area (Å²) in [5.74, 6) is -0.213. The van der Waals surface area contributed by atoms with E-state index in [0.717, 1.165) is 5.56 Å². The first-order valence-corrected chi connectivity index (χ1v) is 5.92. The van der Waals surface area contributed by atoms with Crippen LogP contribution in [0.3, 0.4) is 0 Å². The van der Waals surface area contributed by atoms with Gasteiger partial charge >= 0.3 is 0 Å². The van der Waals surface area contributed by atoms with E-state index in [1.54, 1.807) is 19.1 Å². The lowest BCUT2D eigenvalue weighted by Gasteiger charge is -2.21. The van der Waals surface area contributed by atoms with Gasteiger partial charge in [-0.05, 0) is 38.1 Å². The molecule has 1 aliphatic heterocycles. The summed E-state index contributed by atoms with van der Waals surface area (Å²) < 4.78 is 13.9. The second kappa shape index (κ2) is 4.63. The van der Waals surface area contributed by atoms with Gasteiger partial charge in [0.15, 0.2) is 0 Å². The van der Waals surface area contributed by atoms with Gasteiger partial charge in [0.2, 0.25) is 0 Å². The molecule has 3 nitrogen and oxygen atoms in total. The third kappa shape index (κ3) is 2.76. The number of aliphatic hydroxyl groups is 1. The molecule has 0 bridgehead atoms. The third-order valence-corrected chi connectivity index (χ3v) is 3.19. The van der Waals surface area contributed by atoms with Crippen molar-refractivity contribution in [2.75, 3.05) is 25.0 Å². The predicted molar refractivity (Wildman–Crippen MR) is 66.6 cm³/mol. The molecule has 0 aliphatic carbocycles. The quantitative estimate of drug-likeness (QED) is 0.838. The Hall–Kier alpha value is -1.13. The Morgan fingerprint density at radius 3 is 2.82 bits per heavy atom. The van der Waals surface area contributed by atoms with Crippen LogP contribution < -0.4 is 10.2 Å². The molecule has 0 saturated carbocycles. The van der Waals surface area contributed by atoms with E-state index in [4.69, 9.17) is 0 Å². The van der Waals surface area contributed by atoms with Crippen LogP contribution in [0.1, 0.15) is 18.9 Å². The summed E-state index contributed by atoms with van der Waals surface area (Å²) in [4.78, 5) is 1.90. The number of hydrogen-bond acceptors (Lipinski definition) is 3. The highest BCUT2D eigenvalue weighted by Crippen LogP contribution is 2.28. The van der Waals surface area contributed by atoms with E-state index in [0.29, 0.717) is 31.7 Å². The highest BCUT2D eigenvalue weighted by atomic mass is 19.1. The Morgan fingerprint density at radius 2 is 2.29 bits per heavy atom. The topological polar surface area (TPSA) is 35.5 Å². The first kappa shape index (κ1) is 12.3. The van der Waals surface area contributed by atoms with E-state index in [-0.39, 0.29) is 5.82 Å². The number of β-amino-alcohol motifs (C(OH)–C–C–N with tert-alkyl or cyclic N) is 1. The molecular weight excluding hydrogens is 219 g/mol. The van der Waals surface area contributed by atoms with Gasteiger partial charge in [-0.3, -0.25) is 0 Å². The van der Waals surface area contributed by atoms with Crippen LogP contribution in [0.5, 0.6) is 0 Å². The van der Waals surface area contributed by atoms with Gasteiger partial charge in [0, 0.05) is 19.6 Å². The molecule has 0 amide bonds. The average Bonchev–Trinajstić information content (AvgIpc) is 2.59. The Kier molecular flexibility index (Phi) is 3.35. The molecule has 0 spiro atoms. The Morgan fingerprint density at radius 1 is 1.53 bits per heavy atom. The summed E-state index contributed by atoms with van der Waals surface area (Å²) >= 11 is 0. The molecule has 1 atom stereocenters. The van der Waals surface area contributed by atoms with E-state index in [2.05, 4.69) is 5.32 Å². The van der Waals surface area contributed by atoms with E-state index < -0.39 is 5.60 Å². The number of halogens is 1. The van der Waals surface area contributed by atoms with Crippen molar-refractivity contribution < 1.29 is 9.50 Å². The van der Waals surface area contributed by atoms with Gasteiger partial charge in [0.25, 0.3) is 0 Å². The Balaban J connectivity index is 2.17. The van der Waals surface area contributed by atoms with Crippen molar-refractivity contribution in [3.8, 4) is 0 Å². The fourth-order valence-corrected chi connectivity index (χ4v) is 2.27. The molecule has 17 heavy (non-hydrogen) atoms. The molecular formula is C13H19FN2O. The molecule has 2 N–H and O–H groups in total. The molecule has 4 heteroatoms. The second-order valence-corrected chi connectivity index (χ2v) is 4.98. The number of benzene rings is 1. The van der Waals surface area contributed by atoms with Gasteiger partial charge in [-0.15, -0.1) is 0 Å². The maximum absolute atomic E-state index is 13.9. The van der Waals surface area contributed by atoms with Crippen LogP contribution in [0, 0.1) is 5.82 Å². The van der Waals surface area contributed by atoms with Gasteiger partial charge in [-0.25, -0.2) is 4.39 Å². The lowest BCUT2D eigenvalue weighted by Crippen LogP contribution is -2.30. The number of nitrogens with one attached hydrogen (secondary N) is 1. The van der Waals surface area contributed by atoms with Crippen molar-refractivity contribution in [2.24, 2.45) is 0 Å². The van der Waals surface area contributed by atoms with Crippen molar-refractivity contribution >= 4 is 5.69 Å². The Labute approximate surface area is 101 Å². The smallest absolute Gasteiger partial charge is 0.146 e. The number of hydrogen-bond donors (Lipinski definition) is 2. The Bertz CT molecular complexity index is 406. The molecule has 1 unspecified atom stereocenters. The molecule has 1 saturated heterocycles. The summed E-state index contributed by atoms with van der Waals surface area (Å²) in [6, 6.07) is 5.27. The minimum atomic E-state index is -0.698. The minimum Gasteiger partial charge on any atom is -0.388 e. The lowest BCUT2D eigenvalue weighted by molar-refractivity contribution is 0.0839. The number of nitrogens with zero attached hydrogens (tertiary/aromatic N) is 1. The highest BCUT2D eigenvalue weighted by molar-refractivity contribution is 5.50. The maximum atomic E-state index is 13.9.